The number of nitrogens with one attached hydrogen (secondary N) is 1. The lowest BCUT2D eigenvalue weighted by Gasteiger charge is -2.24. The minimum atomic E-state index is 0.417. The standard InChI is InChI=1S/C11H21NO/c1-9(2)8-10(12-3)11-6-4-5-7-13-11/h6,9-10,12H,4-5,7-8H2,1-3H3. The van der Waals surface area contributed by atoms with Crippen LogP contribution in [0.4, 0.5) is 0 Å². The number of allylic oxidation sites excluding steroid dienone is 1. The molecule has 0 aromatic heterocycles. The summed E-state index contributed by atoms with van der Waals surface area (Å²) in [6.45, 7) is 5.38. The van der Waals surface area contributed by atoms with Gasteiger partial charge in [0.05, 0.1) is 12.6 Å². The molecule has 0 aliphatic carbocycles. The minimum absolute atomic E-state index is 0.417. The molecule has 2 heteroatoms. The summed E-state index contributed by atoms with van der Waals surface area (Å²) in [5, 5.41) is 3.31. The van der Waals surface area contributed by atoms with Gasteiger partial charge in [0.25, 0.3) is 0 Å². The molecule has 1 atom stereocenters. The highest BCUT2D eigenvalue weighted by molar-refractivity contribution is 5.05. The summed E-state index contributed by atoms with van der Waals surface area (Å²) in [4.78, 5) is 0. The van der Waals surface area contributed by atoms with Crippen LogP contribution in [0.1, 0.15) is 33.1 Å². The van der Waals surface area contributed by atoms with Crippen molar-refractivity contribution in [3.63, 3.8) is 0 Å². The summed E-state index contributed by atoms with van der Waals surface area (Å²) in [6, 6.07) is 0.417. The molecule has 13 heavy (non-hydrogen) atoms. The van der Waals surface area contributed by atoms with E-state index in [9.17, 15) is 0 Å². The van der Waals surface area contributed by atoms with Crippen molar-refractivity contribution in [1.82, 2.24) is 5.32 Å². The van der Waals surface area contributed by atoms with Crippen molar-refractivity contribution in [2.24, 2.45) is 5.92 Å². The van der Waals surface area contributed by atoms with Crippen molar-refractivity contribution in [1.29, 1.82) is 0 Å². The zero-order valence-electron chi connectivity index (χ0n) is 8.97. The highest BCUT2D eigenvalue weighted by atomic mass is 16.5. The molecule has 0 amide bonds. The van der Waals surface area contributed by atoms with Gasteiger partial charge in [-0.25, -0.2) is 0 Å². The van der Waals surface area contributed by atoms with Crippen molar-refractivity contribution in [2.75, 3.05) is 13.7 Å². The van der Waals surface area contributed by atoms with Crippen molar-refractivity contribution in [2.45, 2.75) is 39.2 Å². The van der Waals surface area contributed by atoms with Gasteiger partial charge >= 0.3 is 0 Å². The Morgan fingerprint density at radius 3 is 2.77 bits per heavy atom. The van der Waals surface area contributed by atoms with Crippen LogP contribution in [0.2, 0.25) is 0 Å². The Hall–Kier alpha value is -0.500. The van der Waals surface area contributed by atoms with Crippen molar-refractivity contribution < 1.29 is 4.74 Å². The molecule has 0 saturated heterocycles. The fraction of sp³-hybridized carbons (Fsp3) is 0.818. The van der Waals surface area contributed by atoms with E-state index < -0.39 is 0 Å². The van der Waals surface area contributed by atoms with Gasteiger partial charge in [-0.05, 0) is 38.3 Å². The summed E-state index contributed by atoms with van der Waals surface area (Å²) in [7, 11) is 2.01. The summed E-state index contributed by atoms with van der Waals surface area (Å²) >= 11 is 0. The third-order valence-corrected chi connectivity index (χ3v) is 2.36. The van der Waals surface area contributed by atoms with E-state index >= 15 is 0 Å². The molecule has 0 aromatic rings. The second-order valence-electron chi connectivity index (χ2n) is 4.07. The van der Waals surface area contributed by atoms with Crippen LogP contribution >= 0.6 is 0 Å². The monoisotopic (exact) mass is 183 g/mol. The molecular formula is C11H21NO. The van der Waals surface area contributed by atoms with Crippen LogP contribution in [-0.4, -0.2) is 19.7 Å². The van der Waals surface area contributed by atoms with E-state index in [4.69, 9.17) is 4.74 Å². The second-order valence-corrected chi connectivity index (χ2v) is 4.07. The number of ether oxygens (including phenoxy) is 1. The topological polar surface area (TPSA) is 21.3 Å². The predicted molar refractivity (Wildman–Crippen MR) is 55.6 cm³/mol. The molecular weight excluding hydrogens is 162 g/mol. The van der Waals surface area contributed by atoms with Crippen molar-refractivity contribution in [3.8, 4) is 0 Å². The molecule has 0 bridgehead atoms. The van der Waals surface area contributed by atoms with Crippen LogP contribution in [0, 0.1) is 5.92 Å². The van der Waals surface area contributed by atoms with E-state index in [1.807, 2.05) is 7.05 Å². The van der Waals surface area contributed by atoms with Gasteiger partial charge in [0.15, 0.2) is 0 Å². The van der Waals surface area contributed by atoms with Crippen LogP contribution in [0.3, 0.4) is 0 Å². The smallest absolute Gasteiger partial charge is 0.109 e. The molecule has 0 aromatic carbocycles. The van der Waals surface area contributed by atoms with Gasteiger partial charge in [0, 0.05) is 0 Å². The quantitative estimate of drug-likeness (QED) is 0.722. The normalized spacial score (nSPS) is 19.5. The Kier molecular flexibility index (Phi) is 4.29. The highest BCUT2D eigenvalue weighted by Crippen LogP contribution is 2.18. The van der Waals surface area contributed by atoms with Crippen molar-refractivity contribution in [3.05, 3.63) is 11.8 Å². The van der Waals surface area contributed by atoms with E-state index in [0.29, 0.717) is 12.0 Å². The summed E-state index contributed by atoms with van der Waals surface area (Å²) < 4.78 is 5.63. The van der Waals surface area contributed by atoms with Gasteiger partial charge in [0.2, 0.25) is 0 Å². The molecule has 0 radical (unpaired) electrons. The minimum Gasteiger partial charge on any atom is -0.497 e. The number of hydrogen-bond acceptors (Lipinski definition) is 2. The SMILES string of the molecule is CNC(CC(C)C)C1=CCCCO1. The largest absolute Gasteiger partial charge is 0.497 e. The van der Waals surface area contributed by atoms with Gasteiger partial charge < -0.3 is 10.1 Å². The molecule has 1 heterocycles. The fourth-order valence-electron chi connectivity index (χ4n) is 1.67. The van der Waals surface area contributed by atoms with E-state index in [0.717, 1.165) is 18.8 Å². The lowest BCUT2D eigenvalue weighted by molar-refractivity contribution is 0.163. The number of likely N-dealkylation sites (N-methyl/N-ethyl adjacent to an activating group) is 1. The lowest BCUT2D eigenvalue weighted by atomic mass is 10.0. The Balaban J connectivity index is 2.49. The van der Waals surface area contributed by atoms with Crippen LogP contribution in [-0.2, 0) is 4.74 Å². The predicted octanol–water partition coefficient (Wildman–Crippen LogP) is 2.31. The molecule has 1 aliphatic rings. The Morgan fingerprint density at radius 2 is 2.31 bits per heavy atom. The molecule has 0 saturated carbocycles. The van der Waals surface area contributed by atoms with E-state index in [1.54, 1.807) is 0 Å². The molecule has 76 valence electrons. The van der Waals surface area contributed by atoms with Gasteiger partial charge in [-0.15, -0.1) is 0 Å². The molecule has 1 aliphatic heterocycles. The Morgan fingerprint density at radius 1 is 1.54 bits per heavy atom. The van der Waals surface area contributed by atoms with Crippen LogP contribution < -0.4 is 5.32 Å². The zero-order valence-corrected chi connectivity index (χ0v) is 8.97. The zero-order chi connectivity index (χ0) is 9.68. The number of rotatable bonds is 4. The summed E-state index contributed by atoms with van der Waals surface area (Å²) in [6.07, 6.45) is 5.72. The maximum atomic E-state index is 5.63. The fourth-order valence-corrected chi connectivity index (χ4v) is 1.67. The first-order valence-electron chi connectivity index (χ1n) is 5.24. The third kappa shape index (κ3) is 3.39. The van der Waals surface area contributed by atoms with E-state index in [-0.39, 0.29) is 0 Å². The van der Waals surface area contributed by atoms with Crippen LogP contribution in [0.25, 0.3) is 0 Å². The Labute approximate surface area is 81.4 Å². The van der Waals surface area contributed by atoms with Crippen LogP contribution in [0.15, 0.2) is 11.8 Å². The van der Waals surface area contributed by atoms with Gasteiger partial charge in [-0.1, -0.05) is 13.8 Å². The Bertz CT molecular complexity index is 175. The average molecular weight is 183 g/mol. The molecule has 0 fully saturated rings. The second kappa shape index (κ2) is 5.28. The number of hydrogen-bond donors (Lipinski definition) is 1. The summed E-state index contributed by atoms with van der Waals surface area (Å²) in [5.41, 5.74) is 0. The van der Waals surface area contributed by atoms with E-state index in [2.05, 4.69) is 25.2 Å². The lowest BCUT2D eigenvalue weighted by Crippen LogP contribution is -2.31. The van der Waals surface area contributed by atoms with Crippen molar-refractivity contribution >= 4 is 0 Å². The molecule has 1 N–H and O–H groups in total. The van der Waals surface area contributed by atoms with Crippen LogP contribution in [0.5, 0.6) is 0 Å². The molecule has 2 nitrogen and oxygen atoms in total. The van der Waals surface area contributed by atoms with E-state index in [1.165, 1.54) is 12.8 Å². The molecule has 1 rings (SSSR count). The molecule has 1 unspecified atom stereocenters. The van der Waals surface area contributed by atoms with Gasteiger partial charge in [-0.2, -0.15) is 0 Å². The van der Waals surface area contributed by atoms with Gasteiger partial charge in [0.1, 0.15) is 5.76 Å². The highest BCUT2D eigenvalue weighted by Gasteiger charge is 2.16. The maximum absolute atomic E-state index is 5.63. The first kappa shape index (κ1) is 10.6. The average Bonchev–Trinajstić information content (AvgIpc) is 2.15. The first-order chi connectivity index (χ1) is 6.24. The third-order valence-electron chi connectivity index (χ3n) is 2.36. The maximum Gasteiger partial charge on any atom is 0.109 e. The summed E-state index contributed by atoms with van der Waals surface area (Å²) in [5.74, 6) is 1.87. The molecule has 0 spiro atoms. The van der Waals surface area contributed by atoms with Gasteiger partial charge in [-0.3, -0.25) is 0 Å². The first-order valence-corrected chi connectivity index (χ1v) is 5.24.